The van der Waals surface area contributed by atoms with E-state index in [2.05, 4.69) is 0 Å². The second kappa shape index (κ2) is 8.73. The molecule has 3 aromatic rings. The Balaban J connectivity index is 1.37. The van der Waals surface area contributed by atoms with Gasteiger partial charge in [0.25, 0.3) is 0 Å². The van der Waals surface area contributed by atoms with Gasteiger partial charge in [-0.1, -0.05) is 30.3 Å². The van der Waals surface area contributed by atoms with Crippen LogP contribution in [0.5, 0.6) is 5.75 Å². The summed E-state index contributed by atoms with van der Waals surface area (Å²) in [5.41, 5.74) is 3.36. The van der Waals surface area contributed by atoms with Crippen molar-refractivity contribution < 1.29 is 23.5 Å². The highest BCUT2D eigenvalue weighted by molar-refractivity contribution is 5.92. The van der Waals surface area contributed by atoms with E-state index in [1.165, 1.54) is 4.90 Å². The quantitative estimate of drug-likeness (QED) is 0.337. The van der Waals surface area contributed by atoms with Gasteiger partial charge in [-0.3, -0.25) is 4.90 Å². The molecule has 1 fully saturated rings. The van der Waals surface area contributed by atoms with Crippen molar-refractivity contribution in [3.8, 4) is 5.75 Å². The first-order valence-corrected chi connectivity index (χ1v) is 11.3. The number of likely N-dealkylation sites (tertiary alicyclic amines) is 1. The summed E-state index contributed by atoms with van der Waals surface area (Å²) in [6.07, 6.45) is 2.95. The molecule has 1 atom stereocenters. The fourth-order valence-corrected chi connectivity index (χ4v) is 4.79. The average Bonchev–Trinajstić information content (AvgIpc) is 3.48. The monoisotopic (exact) mass is 447 g/mol. The first-order chi connectivity index (χ1) is 16.0. The molecule has 33 heavy (non-hydrogen) atoms. The standard InChI is InChI=1S/C26H25NO6/c1-16-13-21-23(18-9-5-10-19(18)24(28)32-21)22(14-16)33-25(29)20-11-6-12-27(20)26(30)31-15-17-7-3-2-4-8-17/h2-4,7-8,13-14,20H,5-6,9-12,15H2,1H3/t20-/m1/s1. The Morgan fingerprint density at radius 1 is 1.09 bits per heavy atom. The molecule has 0 spiro atoms. The van der Waals surface area contributed by atoms with Crippen LogP contribution in [0.1, 0.15) is 41.5 Å². The summed E-state index contributed by atoms with van der Waals surface area (Å²) in [5.74, 6) is -0.129. The van der Waals surface area contributed by atoms with Crippen molar-refractivity contribution in [1.82, 2.24) is 4.90 Å². The number of fused-ring (bicyclic) bond motifs is 3. The molecule has 0 unspecified atom stereocenters. The minimum atomic E-state index is -0.715. The van der Waals surface area contributed by atoms with E-state index in [9.17, 15) is 14.4 Å². The second-order valence-corrected chi connectivity index (χ2v) is 8.65. The van der Waals surface area contributed by atoms with Gasteiger partial charge >= 0.3 is 17.7 Å². The van der Waals surface area contributed by atoms with Gasteiger partial charge in [0.1, 0.15) is 24.0 Å². The maximum Gasteiger partial charge on any atom is 0.410 e. The molecule has 0 saturated carbocycles. The van der Waals surface area contributed by atoms with Crippen molar-refractivity contribution >= 4 is 23.0 Å². The van der Waals surface area contributed by atoms with E-state index < -0.39 is 18.1 Å². The van der Waals surface area contributed by atoms with Crippen LogP contribution in [-0.2, 0) is 29.0 Å². The van der Waals surface area contributed by atoms with E-state index in [1.54, 1.807) is 12.1 Å². The first kappa shape index (κ1) is 21.2. The second-order valence-electron chi connectivity index (χ2n) is 8.65. The number of rotatable bonds is 4. The lowest BCUT2D eigenvalue weighted by molar-refractivity contribution is -0.138. The smallest absolute Gasteiger partial charge is 0.410 e. The lowest BCUT2D eigenvalue weighted by Gasteiger charge is -2.23. The summed E-state index contributed by atoms with van der Waals surface area (Å²) < 4.78 is 16.8. The predicted molar refractivity (Wildman–Crippen MR) is 121 cm³/mol. The highest BCUT2D eigenvalue weighted by Gasteiger charge is 2.37. The van der Waals surface area contributed by atoms with Crippen LogP contribution in [0.15, 0.2) is 51.7 Å². The molecule has 5 rings (SSSR count). The number of benzene rings is 2. The van der Waals surface area contributed by atoms with Crippen LogP contribution < -0.4 is 10.4 Å². The summed E-state index contributed by atoms with van der Waals surface area (Å²) in [4.78, 5) is 39.6. The molecular weight excluding hydrogens is 422 g/mol. The molecule has 1 amide bonds. The van der Waals surface area contributed by atoms with E-state index in [0.29, 0.717) is 48.1 Å². The zero-order valence-corrected chi connectivity index (χ0v) is 18.5. The first-order valence-electron chi connectivity index (χ1n) is 11.3. The van der Waals surface area contributed by atoms with Crippen molar-refractivity contribution in [2.24, 2.45) is 0 Å². The number of esters is 1. The fourth-order valence-electron chi connectivity index (χ4n) is 4.79. The van der Waals surface area contributed by atoms with E-state index in [1.807, 2.05) is 37.3 Å². The maximum absolute atomic E-state index is 13.2. The van der Waals surface area contributed by atoms with E-state index in [4.69, 9.17) is 13.9 Å². The van der Waals surface area contributed by atoms with Crippen LogP contribution in [0.25, 0.3) is 11.0 Å². The number of carbonyl (C=O) groups excluding carboxylic acids is 2. The van der Waals surface area contributed by atoms with Gasteiger partial charge in [0.05, 0.1) is 5.39 Å². The van der Waals surface area contributed by atoms with Crippen molar-refractivity contribution in [2.45, 2.75) is 51.7 Å². The highest BCUT2D eigenvalue weighted by atomic mass is 16.6. The Bertz CT molecular complexity index is 1280. The van der Waals surface area contributed by atoms with Crippen LogP contribution in [0.4, 0.5) is 4.79 Å². The molecule has 0 bridgehead atoms. The van der Waals surface area contributed by atoms with E-state index >= 15 is 0 Å². The van der Waals surface area contributed by atoms with Gasteiger partial charge in [0, 0.05) is 12.1 Å². The minimum Gasteiger partial charge on any atom is -0.445 e. The third-order valence-corrected chi connectivity index (χ3v) is 6.35. The van der Waals surface area contributed by atoms with Crippen molar-refractivity contribution in [1.29, 1.82) is 0 Å². The zero-order chi connectivity index (χ0) is 22.9. The zero-order valence-electron chi connectivity index (χ0n) is 18.5. The van der Waals surface area contributed by atoms with Gasteiger partial charge < -0.3 is 13.9 Å². The molecule has 1 aromatic heterocycles. The molecular formula is C26H25NO6. The summed E-state index contributed by atoms with van der Waals surface area (Å²) >= 11 is 0. The number of hydrogen-bond acceptors (Lipinski definition) is 6. The van der Waals surface area contributed by atoms with E-state index in [-0.39, 0.29) is 12.2 Å². The summed E-state index contributed by atoms with van der Waals surface area (Å²) in [5, 5.41) is 0.678. The molecule has 7 nitrogen and oxygen atoms in total. The summed E-state index contributed by atoms with van der Waals surface area (Å²) in [7, 11) is 0. The van der Waals surface area contributed by atoms with Crippen LogP contribution in [0, 0.1) is 6.92 Å². The lowest BCUT2D eigenvalue weighted by Crippen LogP contribution is -2.42. The molecule has 7 heteroatoms. The van der Waals surface area contributed by atoms with Gasteiger partial charge in [-0.15, -0.1) is 0 Å². The third kappa shape index (κ3) is 4.11. The van der Waals surface area contributed by atoms with Crippen molar-refractivity contribution in [2.75, 3.05) is 6.54 Å². The number of carbonyl (C=O) groups is 2. The highest BCUT2D eigenvalue weighted by Crippen LogP contribution is 2.35. The Kier molecular flexibility index (Phi) is 5.62. The van der Waals surface area contributed by atoms with Crippen LogP contribution >= 0.6 is 0 Å². The Morgan fingerprint density at radius 3 is 2.70 bits per heavy atom. The number of hydrogen-bond donors (Lipinski definition) is 0. The number of aryl methyl sites for hydroxylation is 2. The summed E-state index contributed by atoms with van der Waals surface area (Å²) in [6.45, 7) is 2.44. The molecule has 2 aliphatic rings. The molecule has 1 aliphatic carbocycles. The topological polar surface area (TPSA) is 86.0 Å². The molecule has 2 aromatic carbocycles. The van der Waals surface area contributed by atoms with Crippen LogP contribution in [0.3, 0.4) is 0 Å². The molecule has 0 radical (unpaired) electrons. The number of nitrogens with zero attached hydrogens (tertiary/aromatic N) is 1. The van der Waals surface area contributed by atoms with Crippen LogP contribution in [0.2, 0.25) is 0 Å². The van der Waals surface area contributed by atoms with Crippen molar-refractivity contribution in [3.05, 3.63) is 75.1 Å². The molecule has 170 valence electrons. The summed E-state index contributed by atoms with van der Waals surface area (Å²) in [6, 6.07) is 12.3. The van der Waals surface area contributed by atoms with Crippen LogP contribution in [-0.4, -0.2) is 29.5 Å². The largest absolute Gasteiger partial charge is 0.445 e. The number of amides is 1. The maximum atomic E-state index is 13.2. The van der Waals surface area contributed by atoms with Gasteiger partial charge in [0.15, 0.2) is 0 Å². The Labute approximate surface area is 190 Å². The molecule has 1 aliphatic heterocycles. The number of ether oxygens (including phenoxy) is 2. The Morgan fingerprint density at radius 2 is 1.88 bits per heavy atom. The van der Waals surface area contributed by atoms with Gasteiger partial charge in [-0.25, -0.2) is 14.4 Å². The van der Waals surface area contributed by atoms with Gasteiger partial charge in [-0.05, 0) is 67.9 Å². The lowest BCUT2D eigenvalue weighted by atomic mass is 10.0. The third-order valence-electron chi connectivity index (χ3n) is 6.35. The van der Waals surface area contributed by atoms with E-state index in [0.717, 1.165) is 29.5 Å². The van der Waals surface area contributed by atoms with Gasteiger partial charge in [-0.2, -0.15) is 0 Å². The molecule has 2 heterocycles. The SMILES string of the molecule is Cc1cc(OC(=O)[C@H]2CCCN2C(=O)OCc2ccccc2)c2c3c(c(=O)oc2c1)CCC3. The minimum absolute atomic E-state index is 0.144. The molecule has 0 N–H and O–H groups in total. The van der Waals surface area contributed by atoms with Gasteiger partial charge in [0.2, 0.25) is 0 Å². The average molecular weight is 447 g/mol. The fraction of sp³-hybridized carbons (Fsp3) is 0.346. The normalized spacial score (nSPS) is 17.2. The van der Waals surface area contributed by atoms with Crippen molar-refractivity contribution in [3.63, 3.8) is 0 Å². The predicted octanol–water partition coefficient (Wildman–Crippen LogP) is 4.30. The molecule has 1 saturated heterocycles. The Hall–Kier alpha value is -3.61.